The third-order valence-electron chi connectivity index (χ3n) is 23.4. The molecule has 5 aromatic rings. The predicted octanol–water partition coefficient (Wildman–Crippen LogP) is 9.22. The number of amides is 1. The molecule has 8 aliphatic carbocycles. The molecule has 12 aliphatic rings. The number of carbonyl (C=O) groups excluding carboxylic acids is 2. The lowest BCUT2D eigenvalue weighted by molar-refractivity contribution is -0.328. The van der Waals surface area contributed by atoms with E-state index in [1.807, 2.05) is 24.4 Å². The van der Waals surface area contributed by atoms with Gasteiger partial charge in [-0.2, -0.15) is 0 Å². The van der Waals surface area contributed by atoms with Crippen molar-refractivity contribution in [3.8, 4) is 29.3 Å². The number of phenolic OH excluding ortho intramolecular Hbond substituents is 1. The molecule has 1 aromatic heterocycles. The quantitative estimate of drug-likeness (QED) is 0.0938. The smallest absolute Gasteiger partial charge is 0.254 e. The molecule has 2 spiro atoms. The standard InChI is InChI=1S/C68H70N2O12/c1-78-60-43-16-14-36-25-35-8-3-12-40(35)53-51(36)54(43)56-59(74)55(53)48(72)30-70-29-46-34(7-2-13-41(46)63(70)75)9-6-24-79-62-58(73)50-31-80-49(19-18-44(60)61(56)82-64(81-50)68(62,77)33-71)45-28-69-47-26-37-20-23-66-32-67(76)22-5-11-39(67)27-65(66)21-4-10-38(65)15-17-42(52(45)47)57(37)66/h2,7,13,18-19,25-26,28,35,38-40,49-50,58,62,64,69,71,73-74,76-77H,3-5,8-12,14-17,20-23,27,29-33H2,1H3/b19-18+/t35-,38-,39+,40-,49+,50+,58+,62-,64+,65-,66+,67+,68+/m0/s1. The van der Waals surface area contributed by atoms with E-state index < -0.39 is 54.3 Å². The number of ether oxygens (including phenoxy) is 5. The van der Waals surface area contributed by atoms with Crippen LogP contribution in [0.25, 0.3) is 33.3 Å². The molecule has 0 radical (unpaired) electrons. The summed E-state index contributed by atoms with van der Waals surface area (Å²) in [5.41, 5.74) is 9.05. The number of hydrogen-bond donors (Lipinski definition) is 6. The van der Waals surface area contributed by atoms with Crippen molar-refractivity contribution in [1.29, 1.82) is 0 Å². The number of rotatable bonds is 3. The molecule has 14 nitrogen and oxygen atoms in total. The van der Waals surface area contributed by atoms with Gasteiger partial charge in [-0.05, 0) is 182 Å². The number of aromatic nitrogens is 1. The number of phenols is 1. The summed E-state index contributed by atoms with van der Waals surface area (Å²) in [6.45, 7) is -1.33. The van der Waals surface area contributed by atoms with Crippen LogP contribution in [0.15, 0.2) is 42.6 Å². The number of carbonyl (C=O) groups is 2. The molecule has 82 heavy (non-hydrogen) atoms. The first-order valence-corrected chi connectivity index (χ1v) is 30.6. The minimum atomic E-state index is -2.47. The van der Waals surface area contributed by atoms with Gasteiger partial charge in [0.05, 0.1) is 49.0 Å². The van der Waals surface area contributed by atoms with Gasteiger partial charge in [0.1, 0.15) is 41.7 Å². The summed E-state index contributed by atoms with van der Waals surface area (Å²) in [6.07, 6.45) is 20.7. The summed E-state index contributed by atoms with van der Waals surface area (Å²) in [7, 11) is 1.62. The van der Waals surface area contributed by atoms with E-state index in [1.54, 1.807) is 24.1 Å². The number of fused-ring (bicyclic) bond motifs is 10. The lowest BCUT2D eigenvalue weighted by atomic mass is 9.45. The first kappa shape index (κ1) is 50.3. The van der Waals surface area contributed by atoms with Gasteiger partial charge in [-0.25, -0.2) is 0 Å². The summed E-state index contributed by atoms with van der Waals surface area (Å²) in [5, 5.41) is 65.2. The molecule has 14 heteroatoms. The molecule has 424 valence electrons. The number of hydrogen-bond acceptors (Lipinski definition) is 12. The molecule has 1 amide bonds. The Morgan fingerprint density at radius 1 is 0.902 bits per heavy atom. The normalized spacial score (nSPS) is 36.5. The van der Waals surface area contributed by atoms with Crippen molar-refractivity contribution in [3.05, 3.63) is 109 Å². The summed E-state index contributed by atoms with van der Waals surface area (Å²) >= 11 is 0. The Kier molecular flexibility index (Phi) is 10.9. The zero-order valence-corrected chi connectivity index (χ0v) is 46.4. The minimum Gasteiger partial charge on any atom is -0.506 e. The van der Waals surface area contributed by atoms with Crippen LogP contribution in [0.2, 0.25) is 0 Å². The van der Waals surface area contributed by atoms with Gasteiger partial charge in [-0.15, -0.1) is 0 Å². The lowest BCUT2D eigenvalue weighted by Gasteiger charge is -2.59. The largest absolute Gasteiger partial charge is 0.506 e. The molecule has 5 heterocycles. The van der Waals surface area contributed by atoms with E-state index in [-0.39, 0.29) is 77.1 Å². The third kappa shape index (κ3) is 6.53. The summed E-state index contributed by atoms with van der Waals surface area (Å²) in [4.78, 5) is 35.2. The van der Waals surface area contributed by atoms with E-state index in [2.05, 4.69) is 29.2 Å². The SMILES string of the molecule is COc1c2c3c4c(O)c(c5c6c4c1CCC6=C[C@@H]1CCC[C@H]51)C(=O)CN1Cc4c(cccc4C1=O)CC#CO[C@H]1[C@H](O)[C@@H](CO[C@@H](c4c[nH]c5cc6c7c(c45)CC[C@@H]4CCC[C@]45C[C@H]4CCC[C@@]4(O)C[C@]75CC6)/C=C/2)O[C@H](O3)[C@@]1(O)CO. The Labute approximate surface area is 475 Å². The van der Waals surface area contributed by atoms with Crippen LogP contribution in [0.1, 0.15) is 178 Å². The van der Waals surface area contributed by atoms with E-state index in [0.717, 1.165) is 127 Å². The highest BCUT2D eigenvalue weighted by molar-refractivity contribution is 6.17. The highest BCUT2D eigenvalue weighted by atomic mass is 16.7. The van der Waals surface area contributed by atoms with Gasteiger partial charge in [0.2, 0.25) is 6.29 Å². The first-order valence-electron chi connectivity index (χ1n) is 30.6. The summed E-state index contributed by atoms with van der Waals surface area (Å²) < 4.78 is 33.9. The Hall–Kier alpha value is -6.18. The third-order valence-corrected chi connectivity index (χ3v) is 23.4. The molecule has 8 bridgehead atoms. The van der Waals surface area contributed by atoms with E-state index in [0.29, 0.717) is 46.9 Å². The van der Waals surface area contributed by atoms with Crippen molar-refractivity contribution in [2.75, 3.05) is 26.9 Å². The second-order valence-electron chi connectivity index (χ2n) is 26.8. The van der Waals surface area contributed by atoms with Crippen LogP contribution in [-0.2, 0) is 51.9 Å². The fraction of sp³-hybridized carbons (Fsp3) is 0.529. The van der Waals surface area contributed by atoms with Crippen LogP contribution in [-0.4, -0.2) is 110 Å². The van der Waals surface area contributed by atoms with Crippen molar-refractivity contribution in [2.24, 2.45) is 23.2 Å². The number of benzene rings is 4. The fourth-order valence-electron chi connectivity index (χ4n) is 20.1. The number of nitrogens with zero attached hydrogens (tertiary/aromatic N) is 1. The lowest BCUT2D eigenvalue weighted by Crippen LogP contribution is -2.70. The van der Waals surface area contributed by atoms with Gasteiger partial charge in [0.15, 0.2) is 17.5 Å². The number of aliphatic hydroxyl groups excluding tert-OH is 2. The monoisotopic (exact) mass is 1110 g/mol. The maximum absolute atomic E-state index is 15.6. The molecule has 13 atom stereocenters. The van der Waals surface area contributed by atoms with E-state index >= 15 is 4.79 Å². The zero-order valence-electron chi connectivity index (χ0n) is 46.4. The average Bonchev–Trinajstić information content (AvgIpc) is 2.27. The number of Topliss-reactive ketones (excluding diaryl/α,β-unsaturated/α-hetero) is 1. The van der Waals surface area contributed by atoms with Crippen LogP contribution in [0.5, 0.6) is 17.2 Å². The predicted molar refractivity (Wildman–Crippen MR) is 303 cm³/mol. The van der Waals surface area contributed by atoms with Crippen molar-refractivity contribution >= 4 is 45.0 Å². The van der Waals surface area contributed by atoms with E-state index in [1.165, 1.54) is 36.0 Å². The molecule has 17 rings (SSSR count). The van der Waals surface area contributed by atoms with E-state index in [9.17, 15) is 30.3 Å². The number of H-pyrrole nitrogens is 1. The number of methoxy groups -OCH3 is 1. The number of aliphatic hydroxyl groups is 4. The maximum Gasteiger partial charge on any atom is 0.254 e. The van der Waals surface area contributed by atoms with Crippen molar-refractivity contribution < 1.29 is 58.8 Å². The number of nitrogens with one attached hydrogen (secondary N) is 1. The Balaban J connectivity index is 0.905. The number of aromatic hydroxyl groups is 1. The van der Waals surface area contributed by atoms with Crippen LogP contribution in [0.4, 0.5) is 0 Å². The summed E-state index contributed by atoms with van der Waals surface area (Å²) in [6, 6.07) is 7.79. The van der Waals surface area contributed by atoms with E-state index in [4.69, 9.17) is 23.7 Å². The molecular formula is C68H70N2O12. The molecule has 0 unspecified atom stereocenters. The number of ketones is 1. The Morgan fingerprint density at radius 3 is 2.66 bits per heavy atom. The molecule has 4 saturated carbocycles. The second kappa shape index (κ2) is 17.7. The van der Waals surface area contributed by atoms with Gasteiger partial charge in [-0.1, -0.05) is 49.5 Å². The highest BCUT2D eigenvalue weighted by Gasteiger charge is 2.69. The second-order valence-corrected chi connectivity index (χ2v) is 26.8. The molecular weight excluding hydrogens is 1040 g/mol. The van der Waals surface area contributed by atoms with Crippen LogP contribution in [0, 0.1) is 35.2 Å². The number of allylic oxidation sites excluding steroid dienone is 2. The van der Waals surface area contributed by atoms with Gasteiger partial charge in [0, 0.05) is 57.6 Å². The number of aromatic amines is 1. The average molecular weight is 1110 g/mol. The maximum atomic E-state index is 15.6. The van der Waals surface area contributed by atoms with Gasteiger partial charge >= 0.3 is 0 Å². The molecule has 4 aliphatic heterocycles. The molecule has 6 N–H and O–H groups in total. The molecule has 5 fully saturated rings. The molecule has 4 aromatic carbocycles. The fourth-order valence-corrected chi connectivity index (χ4v) is 20.1. The minimum absolute atomic E-state index is 0.0338. The van der Waals surface area contributed by atoms with Crippen LogP contribution < -0.4 is 9.47 Å². The van der Waals surface area contributed by atoms with Gasteiger partial charge < -0.3 is 59.1 Å². The zero-order chi connectivity index (χ0) is 55.3. The summed E-state index contributed by atoms with van der Waals surface area (Å²) in [5.74, 6) is 3.60. The molecule has 1 saturated heterocycles. The van der Waals surface area contributed by atoms with Crippen LogP contribution >= 0.6 is 0 Å². The topological polar surface area (TPSA) is 200 Å². The Morgan fingerprint density at radius 2 is 1.78 bits per heavy atom. The van der Waals surface area contributed by atoms with Crippen molar-refractivity contribution in [1.82, 2.24) is 9.88 Å². The van der Waals surface area contributed by atoms with Crippen molar-refractivity contribution in [3.63, 3.8) is 0 Å². The van der Waals surface area contributed by atoms with Crippen LogP contribution in [0.3, 0.4) is 0 Å². The van der Waals surface area contributed by atoms with Crippen molar-refractivity contribution in [2.45, 2.75) is 175 Å². The van der Waals surface area contributed by atoms with Gasteiger partial charge in [0.25, 0.3) is 5.91 Å². The van der Waals surface area contributed by atoms with Gasteiger partial charge in [-0.3, -0.25) is 9.59 Å². The highest BCUT2D eigenvalue weighted by Crippen LogP contribution is 2.73. The number of aryl methyl sites for hydroxylation is 3. The first-order chi connectivity index (χ1) is 39.9. The Bertz CT molecular complexity index is 3810.